The zero-order valence-electron chi connectivity index (χ0n) is 33.0. The van der Waals surface area contributed by atoms with Gasteiger partial charge in [0.1, 0.15) is 23.7 Å². The van der Waals surface area contributed by atoms with E-state index in [2.05, 4.69) is 49.9 Å². The van der Waals surface area contributed by atoms with Gasteiger partial charge in [-0.3, -0.25) is 9.59 Å². The highest BCUT2D eigenvalue weighted by Crippen LogP contribution is 2.35. The summed E-state index contributed by atoms with van der Waals surface area (Å²) in [5.41, 5.74) is 3.58. The van der Waals surface area contributed by atoms with Crippen molar-refractivity contribution in [3.8, 4) is 10.6 Å². The quantitative estimate of drug-likeness (QED) is 0.128. The molecule has 0 spiro atoms. The van der Waals surface area contributed by atoms with Crippen LogP contribution in [0.4, 0.5) is 9.59 Å². The highest BCUT2D eigenvalue weighted by Gasteiger charge is 2.39. The second-order valence-corrected chi connectivity index (χ2v) is 15.3. The largest absolute Gasteiger partial charge is 0.453 e. The lowest BCUT2D eigenvalue weighted by atomic mass is 10.0. The van der Waals surface area contributed by atoms with Gasteiger partial charge in [-0.25, -0.2) is 19.6 Å². The van der Waals surface area contributed by atoms with Crippen LogP contribution < -0.4 is 10.6 Å². The van der Waals surface area contributed by atoms with Crippen molar-refractivity contribution in [3.05, 3.63) is 58.6 Å². The predicted octanol–water partition coefficient (Wildman–Crippen LogP) is 6.72. The average Bonchev–Trinajstić information content (AvgIpc) is 3.98. The molecule has 0 saturated carbocycles. The van der Waals surface area contributed by atoms with Crippen molar-refractivity contribution < 1.29 is 28.7 Å². The maximum Gasteiger partial charge on any atom is 0.407 e. The number of methoxy groups -OCH3 is 2. The summed E-state index contributed by atoms with van der Waals surface area (Å²) in [6.07, 6.45) is 7.95. The van der Waals surface area contributed by atoms with E-state index in [-0.39, 0.29) is 89.7 Å². The number of hydrogen-bond donors (Lipinski definition) is 4. The number of alkyl carbamates (subject to hydrolysis) is 2. The lowest BCUT2D eigenvalue weighted by molar-refractivity contribution is -0.136. The molecule has 6 rings (SSSR count). The smallest absolute Gasteiger partial charge is 0.407 e. The highest BCUT2D eigenvalue weighted by atomic mass is 32.1. The molecule has 314 valence electrons. The summed E-state index contributed by atoms with van der Waals surface area (Å²) in [6, 6.07) is 8.37. The van der Waals surface area contributed by atoms with Crippen molar-refractivity contribution in [2.75, 3.05) is 27.3 Å². The topological polar surface area (TPSA) is 175 Å². The van der Waals surface area contributed by atoms with E-state index in [0.717, 1.165) is 69.4 Å². The van der Waals surface area contributed by atoms with Gasteiger partial charge in [0, 0.05) is 18.0 Å². The van der Waals surface area contributed by atoms with Crippen LogP contribution in [0.1, 0.15) is 87.6 Å². The molecule has 4 atom stereocenters. The van der Waals surface area contributed by atoms with Crippen molar-refractivity contribution in [1.29, 1.82) is 0 Å². The molecule has 0 bridgehead atoms. The van der Waals surface area contributed by atoms with Gasteiger partial charge in [0.05, 0.1) is 54.1 Å². The first-order chi connectivity index (χ1) is 25.5. The Morgan fingerprint density at radius 1 is 0.789 bits per heavy atom. The van der Waals surface area contributed by atoms with Crippen LogP contribution in [0.5, 0.6) is 0 Å². The SMILES string of the molecule is COC(=O)N[C@H](C(=O)N1CCC[C@H]1c1ncc(-c2ccc(/C=C/c3ccc4nc([C@@H]5CCCN5C(=O)[C@@H](NC(=O)OC)C(C)C)[nH]c4c3)s2)[nH]1)C(C)C.S.S.S.S. The molecule has 0 radical (unpaired) electrons. The molecule has 3 aromatic heterocycles. The monoisotopic (exact) mass is 880 g/mol. The zero-order chi connectivity index (χ0) is 37.8. The fourth-order valence-electron chi connectivity index (χ4n) is 7.09. The Balaban J connectivity index is 0.00000280. The molecular weight excluding hydrogens is 825 g/mol. The van der Waals surface area contributed by atoms with E-state index >= 15 is 0 Å². The molecule has 1 aromatic carbocycles. The van der Waals surface area contributed by atoms with Crippen molar-refractivity contribution in [2.45, 2.75) is 77.5 Å². The number of carbonyl (C=O) groups is 4. The van der Waals surface area contributed by atoms with Gasteiger partial charge in [0.25, 0.3) is 0 Å². The summed E-state index contributed by atoms with van der Waals surface area (Å²) in [5.74, 6) is 0.974. The average molecular weight is 881 g/mol. The normalized spacial score (nSPS) is 17.3. The minimum Gasteiger partial charge on any atom is -0.453 e. The summed E-state index contributed by atoms with van der Waals surface area (Å²) < 4.78 is 9.50. The number of fused-ring (bicyclic) bond motifs is 1. The van der Waals surface area contributed by atoms with E-state index in [9.17, 15) is 19.2 Å². The lowest BCUT2D eigenvalue weighted by Gasteiger charge is -2.30. The van der Waals surface area contributed by atoms with Crippen LogP contribution in [-0.2, 0) is 19.1 Å². The lowest BCUT2D eigenvalue weighted by Crippen LogP contribution is -2.51. The number of ether oxygens (including phenoxy) is 2. The Kier molecular flexibility index (Phi) is 18.9. The maximum atomic E-state index is 13.6. The first kappa shape index (κ1) is 49.4. The van der Waals surface area contributed by atoms with Crippen molar-refractivity contribution >= 4 is 113 Å². The van der Waals surface area contributed by atoms with Gasteiger partial charge in [0.2, 0.25) is 11.8 Å². The van der Waals surface area contributed by atoms with Gasteiger partial charge < -0.3 is 39.9 Å². The van der Waals surface area contributed by atoms with Gasteiger partial charge in [-0.1, -0.05) is 39.8 Å². The second kappa shape index (κ2) is 21.8. The van der Waals surface area contributed by atoms with E-state index in [1.807, 2.05) is 61.9 Å². The summed E-state index contributed by atoms with van der Waals surface area (Å²) in [7, 11) is 2.58. The molecule has 2 aliphatic heterocycles. The molecule has 4 aromatic rings. The summed E-state index contributed by atoms with van der Waals surface area (Å²) >= 11 is 1.63. The number of aromatic amines is 2. The number of benzene rings is 1. The van der Waals surface area contributed by atoms with E-state index in [1.165, 1.54) is 14.2 Å². The zero-order valence-corrected chi connectivity index (χ0v) is 37.8. The third-order valence-electron chi connectivity index (χ3n) is 9.94. The molecule has 0 aliphatic carbocycles. The molecule has 5 heterocycles. The van der Waals surface area contributed by atoms with Crippen LogP contribution in [0.15, 0.2) is 36.5 Å². The Morgan fingerprint density at radius 3 is 1.89 bits per heavy atom. The Hall–Kier alpha value is -3.78. The maximum absolute atomic E-state index is 13.6. The number of thiophene rings is 1. The van der Waals surface area contributed by atoms with E-state index in [0.29, 0.717) is 13.1 Å². The van der Waals surface area contributed by atoms with Gasteiger partial charge in [0.15, 0.2) is 0 Å². The fourth-order valence-corrected chi connectivity index (χ4v) is 7.97. The van der Waals surface area contributed by atoms with E-state index in [4.69, 9.17) is 14.5 Å². The fraction of sp³-hybridized carbons (Fsp3) is 0.474. The Labute approximate surface area is 365 Å². The van der Waals surface area contributed by atoms with Crippen molar-refractivity contribution in [2.24, 2.45) is 11.8 Å². The molecule has 2 saturated heterocycles. The molecule has 2 fully saturated rings. The van der Waals surface area contributed by atoms with Crippen LogP contribution in [-0.4, -0.2) is 93.1 Å². The number of rotatable bonds is 11. The second-order valence-electron chi connectivity index (χ2n) is 14.2. The molecular formula is C38H56N8O6S5. The third-order valence-corrected chi connectivity index (χ3v) is 11.0. The summed E-state index contributed by atoms with van der Waals surface area (Å²) in [4.78, 5) is 73.1. The number of H-pyrrole nitrogens is 2. The predicted molar refractivity (Wildman–Crippen MR) is 244 cm³/mol. The van der Waals surface area contributed by atoms with Crippen LogP contribution >= 0.6 is 65.3 Å². The van der Waals surface area contributed by atoms with Gasteiger partial charge in [-0.05, 0) is 73.4 Å². The minimum atomic E-state index is -0.688. The number of imidazole rings is 2. The standard InChI is InChI=1S/C38H48N8O6S.4H2S/c1-21(2)31(43-37(49)51-5)35(47)45-17-7-9-28(45)33-39-20-27(42-33)30-16-14-24(53-30)13-11-23-12-15-25-26(19-23)41-34(40-25)29-10-8-18-46(29)36(48)32(22(3)4)44-38(50)52-6;;;;/h11-16,19-22,28-29,31-32H,7-10,17-18H2,1-6H3,(H,39,42)(H,40,41)(H,43,49)(H,44,50);4*1H2/b13-11+;;;;/t28-,29-,31-,32-;;;;/m0..../s1. The molecule has 14 nitrogen and oxygen atoms in total. The van der Waals surface area contributed by atoms with Gasteiger partial charge in [-0.2, -0.15) is 54.0 Å². The summed E-state index contributed by atoms with van der Waals surface area (Å²) in [5, 5.41) is 5.39. The van der Waals surface area contributed by atoms with Crippen LogP contribution in [0.3, 0.4) is 0 Å². The molecule has 0 unspecified atom stereocenters. The van der Waals surface area contributed by atoms with Crippen LogP contribution in [0.2, 0.25) is 0 Å². The third kappa shape index (κ3) is 11.2. The van der Waals surface area contributed by atoms with Crippen molar-refractivity contribution in [1.82, 2.24) is 40.4 Å². The first-order valence-electron chi connectivity index (χ1n) is 18.1. The Bertz CT molecular complexity index is 2000. The van der Waals surface area contributed by atoms with Gasteiger partial charge >= 0.3 is 12.2 Å². The number of carbonyl (C=O) groups excluding carboxylic acids is 4. The van der Waals surface area contributed by atoms with E-state index < -0.39 is 24.3 Å². The molecule has 4 N–H and O–H groups in total. The number of nitrogens with zero attached hydrogens (tertiary/aromatic N) is 4. The minimum absolute atomic E-state index is 0. The van der Waals surface area contributed by atoms with Crippen molar-refractivity contribution in [3.63, 3.8) is 0 Å². The number of aromatic nitrogens is 4. The number of likely N-dealkylation sites (tertiary alicyclic amines) is 2. The number of hydrogen-bond acceptors (Lipinski definition) is 9. The highest BCUT2D eigenvalue weighted by molar-refractivity contribution is 7.59. The Morgan fingerprint density at radius 2 is 1.35 bits per heavy atom. The molecule has 2 aliphatic rings. The number of amides is 4. The van der Waals surface area contributed by atoms with Crippen LogP contribution in [0.25, 0.3) is 33.8 Å². The molecule has 4 amide bonds. The van der Waals surface area contributed by atoms with E-state index in [1.54, 1.807) is 11.3 Å². The van der Waals surface area contributed by atoms with Crippen LogP contribution in [0, 0.1) is 11.8 Å². The summed E-state index contributed by atoms with van der Waals surface area (Å²) in [6.45, 7) is 8.79. The molecule has 19 heteroatoms. The van der Waals surface area contributed by atoms with Gasteiger partial charge in [-0.15, -0.1) is 11.3 Å². The number of nitrogens with one attached hydrogen (secondary N) is 4. The first-order valence-corrected chi connectivity index (χ1v) is 18.9. The molecule has 57 heavy (non-hydrogen) atoms.